The summed E-state index contributed by atoms with van der Waals surface area (Å²) in [6.45, 7) is 0.565. The Kier molecular flexibility index (Phi) is 7.10. The smallest absolute Gasteiger partial charge is 0.251 e. The van der Waals surface area contributed by atoms with Crippen molar-refractivity contribution in [1.29, 1.82) is 0 Å². The van der Waals surface area contributed by atoms with Crippen molar-refractivity contribution in [2.75, 3.05) is 13.1 Å². The number of rotatable bonds is 8. The second-order valence-electron chi connectivity index (χ2n) is 7.76. The molecule has 2 aromatic carbocycles. The van der Waals surface area contributed by atoms with E-state index in [1.807, 2.05) is 53.8 Å². The molecule has 5 nitrogen and oxygen atoms in total. The second kappa shape index (κ2) is 10.4. The highest BCUT2D eigenvalue weighted by molar-refractivity contribution is 7.11. The van der Waals surface area contributed by atoms with E-state index in [-0.39, 0.29) is 18.4 Å². The Bertz CT molecular complexity index is 1010. The summed E-state index contributed by atoms with van der Waals surface area (Å²) in [5, 5.41) is 6.74. The molecule has 31 heavy (non-hydrogen) atoms. The quantitative estimate of drug-likeness (QED) is 0.524. The summed E-state index contributed by atoms with van der Waals surface area (Å²) in [6.07, 6.45) is 6.53. The molecule has 4 rings (SSSR count). The van der Waals surface area contributed by atoms with Crippen LogP contribution in [-0.4, -0.2) is 29.9 Å². The van der Waals surface area contributed by atoms with Gasteiger partial charge in [0, 0.05) is 23.4 Å². The Morgan fingerprint density at radius 2 is 1.65 bits per heavy atom. The van der Waals surface area contributed by atoms with Crippen molar-refractivity contribution in [3.63, 3.8) is 0 Å². The van der Waals surface area contributed by atoms with Gasteiger partial charge in [-0.3, -0.25) is 9.59 Å². The van der Waals surface area contributed by atoms with Crippen LogP contribution in [0.3, 0.4) is 0 Å². The first-order chi connectivity index (χ1) is 15.2. The summed E-state index contributed by atoms with van der Waals surface area (Å²) >= 11 is 1.82. The molecule has 0 fully saturated rings. The standard InChI is InChI=1S/C25H27N3O2S/c29-23(26-16-6-11-24-28-21-9-4-5-10-22(21)31-24)17-27-25(30)20-14-12-19(13-15-20)18-7-2-1-3-8-18/h1-3,7-8,12-15H,4-6,9-11,16-17H2,(H,26,29)(H,27,30). The van der Waals surface area contributed by atoms with Gasteiger partial charge in [0.25, 0.3) is 5.91 Å². The molecule has 1 heterocycles. The van der Waals surface area contributed by atoms with Crippen LogP contribution in [0.15, 0.2) is 54.6 Å². The summed E-state index contributed by atoms with van der Waals surface area (Å²) in [5.74, 6) is -0.421. The molecule has 0 radical (unpaired) electrons. The average Bonchev–Trinajstić information content (AvgIpc) is 3.24. The molecular formula is C25H27N3O2S. The number of aromatic nitrogens is 1. The molecule has 1 aliphatic rings. The molecule has 0 aliphatic heterocycles. The Morgan fingerprint density at radius 3 is 2.42 bits per heavy atom. The number of thiazole rings is 1. The van der Waals surface area contributed by atoms with Gasteiger partial charge in [-0.25, -0.2) is 4.98 Å². The lowest BCUT2D eigenvalue weighted by molar-refractivity contribution is -0.120. The highest BCUT2D eigenvalue weighted by atomic mass is 32.1. The molecule has 0 bridgehead atoms. The van der Waals surface area contributed by atoms with E-state index in [9.17, 15) is 9.59 Å². The molecule has 0 saturated carbocycles. The molecule has 0 saturated heterocycles. The van der Waals surface area contributed by atoms with E-state index in [1.165, 1.54) is 34.8 Å². The first kappa shape index (κ1) is 21.2. The van der Waals surface area contributed by atoms with E-state index < -0.39 is 0 Å². The van der Waals surface area contributed by atoms with Crippen LogP contribution in [-0.2, 0) is 24.1 Å². The lowest BCUT2D eigenvalue weighted by Gasteiger charge is -2.07. The zero-order chi connectivity index (χ0) is 21.5. The van der Waals surface area contributed by atoms with Crippen molar-refractivity contribution in [1.82, 2.24) is 15.6 Å². The zero-order valence-corrected chi connectivity index (χ0v) is 18.3. The Labute approximate surface area is 186 Å². The van der Waals surface area contributed by atoms with Crippen LogP contribution in [0.4, 0.5) is 0 Å². The van der Waals surface area contributed by atoms with E-state index in [4.69, 9.17) is 4.98 Å². The summed E-state index contributed by atoms with van der Waals surface area (Å²) in [6, 6.07) is 17.4. The minimum Gasteiger partial charge on any atom is -0.355 e. The third kappa shape index (κ3) is 5.79. The van der Waals surface area contributed by atoms with Gasteiger partial charge >= 0.3 is 0 Å². The van der Waals surface area contributed by atoms with Crippen LogP contribution in [0.1, 0.15) is 45.2 Å². The van der Waals surface area contributed by atoms with Gasteiger partial charge in [0.1, 0.15) is 0 Å². The number of hydrogen-bond acceptors (Lipinski definition) is 4. The normalized spacial score (nSPS) is 12.8. The number of nitrogens with zero attached hydrogens (tertiary/aromatic N) is 1. The average molecular weight is 434 g/mol. The van der Waals surface area contributed by atoms with Crippen LogP contribution < -0.4 is 10.6 Å². The molecule has 0 atom stereocenters. The fourth-order valence-electron chi connectivity index (χ4n) is 3.75. The molecule has 2 amide bonds. The maximum absolute atomic E-state index is 12.3. The Hall–Kier alpha value is -2.99. The first-order valence-electron chi connectivity index (χ1n) is 10.9. The van der Waals surface area contributed by atoms with Crippen molar-refractivity contribution in [2.24, 2.45) is 0 Å². The van der Waals surface area contributed by atoms with Gasteiger partial charge in [0.05, 0.1) is 17.2 Å². The molecule has 6 heteroatoms. The molecule has 2 N–H and O–H groups in total. The van der Waals surface area contributed by atoms with Crippen molar-refractivity contribution in [2.45, 2.75) is 38.5 Å². The van der Waals surface area contributed by atoms with Crippen molar-refractivity contribution >= 4 is 23.2 Å². The van der Waals surface area contributed by atoms with E-state index >= 15 is 0 Å². The summed E-state index contributed by atoms with van der Waals surface area (Å²) < 4.78 is 0. The third-order valence-corrected chi connectivity index (χ3v) is 6.66. The SMILES string of the molecule is O=C(CNC(=O)c1ccc(-c2ccccc2)cc1)NCCCc1nc2c(s1)CCCC2. The largest absolute Gasteiger partial charge is 0.355 e. The van der Waals surface area contributed by atoms with E-state index in [1.54, 1.807) is 12.1 Å². The number of amides is 2. The lowest BCUT2D eigenvalue weighted by Crippen LogP contribution is -2.37. The summed E-state index contributed by atoms with van der Waals surface area (Å²) in [4.78, 5) is 30.5. The molecular weight excluding hydrogens is 406 g/mol. The number of hydrogen-bond donors (Lipinski definition) is 2. The number of carbonyl (C=O) groups excluding carboxylic acids is 2. The van der Waals surface area contributed by atoms with Gasteiger partial charge in [-0.05, 0) is 55.4 Å². The highest BCUT2D eigenvalue weighted by Gasteiger charge is 2.15. The summed E-state index contributed by atoms with van der Waals surface area (Å²) in [5.41, 5.74) is 3.98. The predicted molar refractivity (Wildman–Crippen MR) is 124 cm³/mol. The van der Waals surface area contributed by atoms with Crippen LogP contribution >= 0.6 is 11.3 Å². The zero-order valence-electron chi connectivity index (χ0n) is 17.5. The monoisotopic (exact) mass is 433 g/mol. The first-order valence-corrected chi connectivity index (χ1v) is 11.7. The number of benzene rings is 2. The van der Waals surface area contributed by atoms with Gasteiger partial charge < -0.3 is 10.6 Å². The van der Waals surface area contributed by atoms with E-state index in [0.717, 1.165) is 30.4 Å². The van der Waals surface area contributed by atoms with Crippen LogP contribution in [0.25, 0.3) is 11.1 Å². The maximum Gasteiger partial charge on any atom is 0.251 e. The minimum atomic E-state index is -0.247. The van der Waals surface area contributed by atoms with Crippen LogP contribution in [0.5, 0.6) is 0 Å². The predicted octanol–water partition coefficient (Wildman–Crippen LogP) is 4.17. The number of carbonyl (C=O) groups is 2. The third-order valence-electron chi connectivity index (χ3n) is 5.44. The second-order valence-corrected chi connectivity index (χ2v) is 8.93. The van der Waals surface area contributed by atoms with Gasteiger partial charge in [0.2, 0.25) is 5.91 Å². The number of nitrogens with one attached hydrogen (secondary N) is 2. The van der Waals surface area contributed by atoms with Gasteiger partial charge in [-0.2, -0.15) is 0 Å². The van der Waals surface area contributed by atoms with Crippen molar-refractivity contribution in [3.05, 3.63) is 75.7 Å². The molecule has 0 spiro atoms. The molecule has 1 aromatic heterocycles. The Balaban J connectivity index is 1.16. The van der Waals surface area contributed by atoms with Crippen LogP contribution in [0, 0.1) is 0 Å². The minimum absolute atomic E-state index is 0.0230. The Morgan fingerprint density at radius 1 is 0.903 bits per heavy atom. The fourth-order valence-corrected chi connectivity index (χ4v) is 4.95. The number of fused-ring (bicyclic) bond motifs is 1. The van der Waals surface area contributed by atoms with E-state index in [2.05, 4.69) is 10.6 Å². The lowest BCUT2D eigenvalue weighted by atomic mass is 10.0. The highest BCUT2D eigenvalue weighted by Crippen LogP contribution is 2.27. The van der Waals surface area contributed by atoms with Crippen LogP contribution in [0.2, 0.25) is 0 Å². The maximum atomic E-state index is 12.3. The van der Waals surface area contributed by atoms with Crippen molar-refractivity contribution < 1.29 is 9.59 Å². The molecule has 0 unspecified atom stereocenters. The van der Waals surface area contributed by atoms with Gasteiger partial charge in [-0.15, -0.1) is 11.3 Å². The topological polar surface area (TPSA) is 71.1 Å². The van der Waals surface area contributed by atoms with Gasteiger partial charge in [0.15, 0.2) is 0 Å². The fraction of sp³-hybridized carbons (Fsp3) is 0.320. The molecule has 1 aliphatic carbocycles. The molecule has 3 aromatic rings. The van der Waals surface area contributed by atoms with E-state index in [0.29, 0.717) is 12.1 Å². The van der Waals surface area contributed by atoms with Gasteiger partial charge in [-0.1, -0.05) is 42.5 Å². The summed E-state index contributed by atoms with van der Waals surface area (Å²) in [7, 11) is 0. The molecule has 160 valence electrons. The number of aryl methyl sites for hydroxylation is 3. The van der Waals surface area contributed by atoms with Crippen molar-refractivity contribution in [3.8, 4) is 11.1 Å².